The molecule has 1 aliphatic carbocycles. The number of nitrogens with one attached hydrogen (secondary N) is 1. The number of benzene rings is 1. The number of anilines is 2. The SMILES string of the molecule is CCCCNc1ncc2c(-c3ccc(N4CCOCC4)cc3)cn(C[C@H]3CC[C@H](N)CC3)c2n1. The molecule has 3 N–H and O–H groups in total. The van der Waals surface area contributed by atoms with Gasteiger partial charge in [-0.05, 0) is 55.7 Å². The van der Waals surface area contributed by atoms with Gasteiger partial charge in [0.25, 0.3) is 0 Å². The van der Waals surface area contributed by atoms with Crippen molar-refractivity contribution in [2.24, 2.45) is 11.7 Å². The zero-order chi connectivity index (χ0) is 23.3. The normalized spacial score (nSPS) is 21.2. The average molecular weight is 463 g/mol. The third-order valence-corrected chi connectivity index (χ3v) is 7.33. The highest BCUT2D eigenvalue weighted by Gasteiger charge is 2.21. The smallest absolute Gasteiger partial charge is 0.224 e. The Morgan fingerprint density at radius 2 is 1.85 bits per heavy atom. The molecule has 7 nitrogen and oxygen atoms in total. The summed E-state index contributed by atoms with van der Waals surface area (Å²) >= 11 is 0. The number of hydrogen-bond acceptors (Lipinski definition) is 6. The summed E-state index contributed by atoms with van der Waals surface area (Å²) in [6.45, 7) is 7.58. The van der Waals surface area contributed by atoms with Gasteiger partial charge in [-0.3, -0.25) is 0 Å². The molecule has 34 heavy (non-hydrogen) atoms. The average Bonchev–Trinajstić information content (AvgIpc) is 3.24. The largest absolute Gasteiger partial charge is 0.378 e. The fourth-order valence-electron chi connectivity index (χ4n) is 5.22. The molecule has 182 valence electrons. The van der Waals surface area contributed by atoms with Crippen LogP contribution in [-0.2, 0) is 11.3 Å². The molecule has 0 atom stereocenters. The van der Waals surface area contributed by atoms with E-state index in [0.29, 0.717) is 12.0 Å². The van der Waals surface area contributed by atoms with Crippen LogP contribution in [0.5, 0.6) is 0 Å². The molecule has 2 fully saturated rings. The van der Waals surface area contributed by atoms with Crippen LogP contribution >= 0.6 is 0 Å². The number of aromatic nitrogens is 3. The lowest BCUT2D eigenvalue weighted by molar-refractivity contribution is 0.122. The molecule has 0 radical (unpaired) electrons. The summed E-state index contributed by atoms with van der Waals surface area (Å²) in [6.07, 6.45) is 11.2. The van der Waals surface area contributed by atoms with Crippen molar-refractivity contribution in [3.05, 3.63) is 36.7 Å². The summed E-state index contributed by atoms with van der Waals surface area (Å²) in [5.74, 6) is 1.37. The van der Waals surface area contributed by atoms with Gasteiger partial charge < -0.3 is 25.3 Å². The summed E-state index contributed by atoms with van der Waals surface area (Å²) in [4.78, 5) is 12.0. The first-order chi connectivity index (χ1) is 16.7. The van der Waals surface area contributed by atoms with Crippen molar-refractivity contribution in [2.75, 3.05) is 43.1 Å². The van der Waals surface area contributed by atoms with Gasteiger partial charge in [-0.25, -0.2) is 4.98 Å². The highest BCUT2D eigenvalue weighted by molar-refractivity contribution is 5.94. The molecular formula is C27H38N6O. The Balaban J connectivity index is 1.44. The summed E-state index contributed by atoms with van der Waals surface area (Å²) in [5.41, 5.74) is 10.9. The van der Waals surface area contributed by atoms with E-state index in [1.54, 1.807) is 0 Å². The van der Waals surface area contributed by atoms with Crippen LogP contribution in [0.2, 0.25) is 0 Å². The number of ether oxygens (including phenoxy) is 1. The van der Waals surface area contributed by atoms with Crippen molar-refractivity contribution in [1.82, 2.24) is 14.5 Å². The molecule has 3 aromatic rings. The Bertz CT molecular complexity index is 1060. The van der Waals surface area contributed by atoms with E-state index in [4.69, 9.17) is 15.5 Å². The van der Waals surface area contributed by atoms with Gasteiger partial charge in [0.1, 0.15) is 5.65 Å². The maximum atomic E-state index is 6.16. The van der Waals surface area contributed by atoms with Crippen LogP contribution < -0.4 is 16.0 Å². The van der Waals surface area contributed by atoms with E-state index in [1.807, 2.05) is 6.20 Å². The summed E-state index contributed by atoms with van der Waals surface area (Å²) in [5, 5.41) is 4.52. The number of unbranched alkanes of at least 4 members (excludes halogenated alkanes) is 1. The van der Waals surface area contributed by atoms with Crippen LogP contribution in [0.3, 0.4) is 0 Å². The number of hydrogen-bond donors (Lipinski definition) is 2. The third kappa shape index (κ3) is 5.20. The molecule has 1 saturated carbocycles. The summed E-state index contributed by atoms with van der Waals surface area (Å²) in [6, 6.07) is 9.30. The molecular weight excluding hydrogens is 424 g/mol. The van der Waals surface area contributed by atoms with E-state index in [1.165, 1.54) is 29.7 Å². The van der Waals surface area contributed by atoms with Crippen molar-refractivity contribution in [2.45, 2.75) is 58.0 Å². The van der Waals surface area contributed by atoms with Gasteiger partial charge >= 0.3 is 0 Å². The molecule has 0 unspecified atom stereocenters. The van der Waals surface area contributed by atoms with Crippen molar-refractivity contribution < 1.29 is 4.74 Å². The van der Waals surface area contributed by atoms with Crippen LogP contribution in [0.15, 0.2) is 36.7 Å². The quantitative estimate of drug-likeness (QED) is 0.474. The standard InChI is InChI=1S/C27H38N6O/c1-2-3-12-29-27-30-17-24-25(21-6-10-23(11-7-21)32-13-15-34-16-14-32)19-33(26(24)31-27)18-20-4-8-22(28)9-5-20/h6-7,10-11,17,19-20,22H,2-5,8-9,12-16,18,28H2,1H3,(H,29,30,31)/t20-,22-. The molecule has 0 bridgehead atoms. The molecule has 1 aliphatic heterocycles. The Morgan fingerprint density at radius 3 is 2.59 bits per heavy atom. The summed E-state index contributed by atoms with van der Waals surface area (Å²) < 4.78 is 7.86. The highest BCUT2D eigenvalue weighted by atomic mass is 16.5. The second-order valence-corrected chi connectivity index (χ2v) is 9.83. The van der Waals surface area contributed by atoms with E-state index >= 15 is 0 Å². The van der Waals surface area contributed by atoms with Crippen molar-refractivity contribution in [1.29, 1.82) is 0 Å². The van der Waals surface area contributed by atoms with Crippen molar-refractivity contribution in [3.63, 3.8) is 0 Å². The van der Waals surface area contributed by atoms with Gasteiger partial charge in [-0.2, -0.15) is 4.98 Å². The van der Waals surface area contributed by atoms with Crippen molar-refractivity contribution in [3.8, 4) is 11.1 Å². The molecule has 1 aromatic carbocycles. The van der Waals surface area contributed by atoms with Crippen molar-refractivity contribution >= 4 is 22.7 Å². The molecule has 0 amide bonds. The molecule has 7 heteroatoms. The van der Waals surface area contributed by atoms with Gasteiger partial charge in [-0.15, -0.1) is 0 Å². The van der Waals surface area contributed by atoms with Crippen LogP contribution in [0.25, 0.3) is 22.2 Å². The fourth-order valence-corrected chi connectivity index (χ4v) is 5.22. The second-order valence-electron chi connectivity index (χ2n) is 9.83. The zero-order valence-corrected chi connectivity index (χ0v) is 20.4. The van der Waals surface area contributed by atoms with Crippen LogP contribution in [0, 0.1) is 5.92 Å². The van der Waals surface area contributed by atoms with E-state index in [2.05, 4.69) is 57.2 Å². The number of fused-ring (bicyclic) bond motifs is 1. The third-order valence-electron chi connectivity index (χ3n) is 7.33. The van der Waals surface area contributed by atoms with E-state index in [0.717, 1.165) is 82.1 Å². The number of nitrogens with two attached hydrogens (primary N) is 1. The molecule has 0 spiro atoms. The Morgan fingerprint density at radius 1 is 1.09 bits per heavy atom. The summed E-state index contributed by atoms with van der Waals surface area (Å²) in [7, 11) is 0. The molecule has 2 aliphatic rings. The fraction of sp³-hybridized carbons (Fsp3) is 0.556. The maximum absolute atomic E-state index is 6.16. The topological polar surface area (TPSA) is 81.2 Å². The van der Waals surface area contributed by atoms with Crippen LogP contribution in [0.1, 0.15) is 45.4 Å². The predicted octanol–water partition coefficient (Wildman–Crippen LogP) is 4.66. The first kappa shape index (κ1) is 23.1. The monoisotopic (exact) mass is 462 g/mol. The van der Waals surface area contributed by atoms with E-state index < -0.39 is 0 Å². The Hall–Kier alpha value is -2.64. The predicted molar refractivity (Wildman–Crippen MR) is 139 cm³/mol. The molecule has 2 aromatic heterocycles. The van der Waals surface area contributed by atoms with Gasteiger partial charge in [0.15, 0.2) is 0 Å². The minimum atomic E-state index is 0.370. The number of nitrogens with zero attached hydrogens (tertiary/aromatic N) is 4. The minimum Gasteiger partial charge on any atom is -0.378 e. The Labute approximate surface area is 202 Å². The number of rotatable bonds is 8. The minimum absolute atomic E-state index is 0.370. The van der Waals surface area contributed by atoms with Gasteiger partial charge in [0.2, 0.25) is 5.95 Å². The lowest BCUT2D eigenvalue weighted by atomic mass is 9.86. The second kappa shape index (κ2) is 10.7. The van der Waals surface area contributed by atoms with Gasteiger partial charge in [0, 0.05) is 61.3 Å². The van der Waals surface area contributed by atoms with Gasteiger partial charge in [0.05, 0.1) is 13.2 Å². The number of morpholine rings is 1. The van der Waals surface area contributed by atoms with E-state index in [-0.39, 0.29) is 0 Å². The lowest BCUT2D eigenvalue weighted by Gasteiger charge is -2.28. The zero-order valence-electron chi connectivity index (χ0n) is 20.4. The first-order valence-electron chi connectivity index (χ1n) is 13.0. The highest BCUT2D eigenvalue weighted by Crippen LogP contribution is 2.33. The molecule has 3 heterocycles. The lowest BCUT2D eigenvalue weighted by Crippen LogP contribution is -2.36. The molecule has 1 saturated heterocycles. The van der Waals surface area contributed by atoms with Gasteiger partial charge in [-0.1, -0.05) is 25.5 Å². The molecule has 5 rings (SSSR count). The maximum Gasteiger partial charge on any atom is 0.224 e. The van der Waals surface area contributed by atoms with Crippen LogP contribution in [-0.4, -0.2) is 53.4 Å². The van der Waals surface area contributed by atoms with Crippen LogP contribution in [0.4, 0.5) is 11.6 Å². The first-order valence-corrected chi connectivity index (χ1v) is 13.0. The Kier molecular flexibility index (Phi) is 7.30. The van der Waals surface area contributed by atoms with E-state index in [9.17, 15) is 0 Å².